The smallest absolute Gasteiger partial charge is 0.224 e. The van der Waals surface area contributed by atoms with Gasteiger partial charge in [-0.1, -0.05) is 0 Å². The molecule has 3 aromatic rings. The SMILES string of the molecule is Cc1c[nH]c2ccc(Nc3ccnc(Cl)n3)cc12. The largest absolute Gasteiger partial charge is 0.361 e. The summed E-state index contributed by atoms with van der Waals surface area (Å²) < 4.78 is 0. The van der Waals surface area contributed by atoms with Crippen molar-refractivity contribution in [2.45, 2.75) is 6.92 Å². The van der Waals surface area contributed by atoms with Gasteiger partial charge >= 0.3 is 0 Å². The molecule has 0 amide bonds. The van der Waals surface area contributed by atoms with Crippen molar-refractivity contribution in [2.24, 2.45) is 0 Å². The molecule has 0 aliphatic heterocycles. The third-order valence-electron chi connectivity index (χ3n) is 2.79. The number of hydrogen-bond acceptors (Lipinski definition) is 3. The standard InChI is InChI=1S/C13H11ClN4/c1-8-7-16-11-3-2-9(6-10(8)11)17-12-4-5-15-13(14)18-12/h2-7,16H,1H3,(H,15,17,18). The van der Waals surface area contributed by atoms with Crippen LogP contribution in [0.1, 0.15) is 5.56 Å². The number of rotatable bonds is 2. The number of anilines is 2. The summed E-state index contributed by atoms with van der Waals surface area (Å²) >= 11 is 5.75. The number of hydrogen-bond donors (Lipinski definition) is 2. The molecule has 0 saturated heterocycles. The lowest BCUT2D eigenvalue weighted by Gasteiger charge is -2.05. The van der Waals surface area contributed by atoms with Crippen LogP contribution < -0.4 is 5.32 Å². The fraction of sp³-hybridized carbons (Fsp3) is 0.0769. The van der Waals surface area contributed by atoms with E-state index in [2.05, 4.69) is 33.3 Å². The van der Waals surface area contributed by atoms with Gasteiger partial charge in [0.15, 0.2) is 0 Å². The van der Waals surface area contributed by atoms with Crippen LogP contribution in [0.15, 0.2) is 36.7 Å². The zero-order valence-electron chi connectivity index (χ0n) is 9.74. The first-order valence-electron chi connectivity index (χ1n) is 5.56. The first-order valence-corrected chi connectivity index (χ1v) is 5.93. The van der Waals surface area contributed by atoms with Gasteiger partial charge in [0.25, 0.3) is 0 Å². The number of aromatic amines is 1. The maximum atomic E-state index is 5.75. The molecule has 0 saturated carbocycles. The summed E-state index contributed by atoms with van der Waals surface area (Å²) in [6, 6.07) is 7.89. The summed E-state index contributed by atoms with van der Waals surface area (Å²) in [5.41, 5.74) is 3.31. The summed E-state index contributed by atoms with van der Waals surface area (Å²) in [6.45, 7) is 2.07. The first kappa shape index (κ1) is 11.0. The predicted molar refractivity (Wildman–Crippen MR) is 73.4 cm³/mol. The molecule has 2 N–H and O–H groups in total. The van der Waals surface area contributed by atoms with Gasteiger partial charge in [-0.15, -0.1) is 0 Å². The lowest BCUT2D eigenvalue weighted by Crippen LogP contribution is -1.94. The number of fused-ring (bicyclic) bond motifs is 1. The van der Waals surface area contributed by atoms with E-state index in [1.54, 1.807) is 12.3 Å². The van der Waals surface area contributed by atoms with Crippen LogP contribution in [0.4, 0.5) is 11.5 Å². The van der Waals surface area contributed by atoms with E-state index >= 15 is 0 Å². The maximum Gasteiger partial charge on any atom is 0.224 e. The Morgan fingerprint density at radius 1 is 1.28 bits per heavy atom. The van der Waals surface area contributed by atoms with Gasteiger partial charge in [-0.25, -0.2) is 9.97 Å². The summed E-state index contributed by atoms with van der Waals surface area (Å²) in [7, 11) is 0. The van der Waals surface area contributed by atoms with Crippen LogP contribution in [-0.2, 0) is 0 Å². The monoisotopic (exact) mass is 258 g/mol. The third kappa shape index (κ3) is 2.02. The fourth-order valence-corrected chi connectivity index (χ4v) is 2.04. The second-order valence-corrected chi connectivity index (χ2v) is 4.41. The van der Waals surface area contributed by atoms with E-state index in [-0.39, 0.29) is 5.28 Å². The summed E-state index contributed by atoms with van der Waals surface area (Å²) in [4.78, 5) is 11.2. The quantitative estimate of drug-likeness (QED) is 0.690. The van der Waals surface area contributed by atoms with Crippen LogP contribution in [0.25, 0.3) is 10.9 Å². The highest BCUT2D eigenvalue weighted by atomic mass is 35.5. The molecule has 5 heteroatoms. The summed E-state index contributed by atoms with van der Waals surface area (Å²) in [5.74, 6) is 0.683. The third-order valence-corrected chi connectivity index (χ3v) is 2.97. The number of halogens is 1. The Hall–Kier alpha value is -2.07. The van der Waals surface area contributed by atoms with Crippen LogP contribution in [-0.4, -0.2) is 15.0 Å². The summed E-state index contributed by atoms with van der Waals surface area (Å²) in [6.07, 6.45) is 3.62. The highest BCUT2D eigenvalue weighted by Gasteiger charge is 2.02. The van der Waals surface area contributed by atoms with E-state index in [0.29, 0.717) is 5.82 Å². The average Bonchev–Trinajstić information content (AvgIpc) is 2.71. The van der Waals surface area contributed by atoms with Gasteiger partial charge in [-0.3, -0.25) is 0 Å². The molecule has 0 atom stereocenters. The second-order valence-electron chi connectivity index (χ2n) is 4.07. The van der Waals surface area contributed by atoms with Crippen molar-refractivity contribution >= 4 is 34.0 Å². The van der Waals surface area contributed by atoms with Crippen LogP contribution in [0.5, 0.6) is 0 Å². The first-order chi connectivity index (χ1) is 8.72. The Bertz CT molecular complexity index is 705. The maximum absolute atomic E-state index is 5.75. The van der Waals surface area contributed by atoms with Gasteiger partial charge in [0.2, 0.25) is 5.28 Å². The highest BCUT2D eigenvalue weighted by molar-refractivity contribution is 6.28. The number of H-pyrrole nitrogens is 1. The lowest BCUT2D eigenvalue weighted by atomic mass is 10.2. The van der Waals surface area contributed by atoms with E-state index in [1.165, 1.54) is 10.9 Å². The molecule has 2 heterocycles. The normalized spacial score (nSPS) is 10.8. The van der Waals surface area contributed by atoms with Crippen LogP contribution in [0, 0.1) is 6.92 Å². The number of nitrogens with one attached hydrogen (secondary N) is 2. The van der Waals surface area contributed by atoms with Crippen LogP contribution >= 0.6 is 11.6 Å². The molecule has 0 bridgehead atoms. The topological polar surface area (TPSA) is 53.6 Å². The molecule has 0 aliphatic carbocycles. The summed E-state index contributed by atoms with van der Waals surface area (Å²) in [5, 5.41) is 4.63. The van der Waals surface area contributed by atoms with E-state index in [0.717, 1.165) is 11.2 Å². The van der Waals surface area contributed by atoms with Crippen LogP contribution in [0.3, 0.4) is 0 Å². The number of aromatic nitrogens is 3. The molecular formula is C13H11ClN4. The van der Waals surface area contributed by atoms with Gasteiger partial charge < -0.3 is 10.3 Å². The molecule has 0 spiro atoms. The molecular weight excluding hydrogens is 248 g/mol. The molecule has 0 unspecified atom stereocenters. The van der Waals surface area contributed by atoms with Crippen molar-refractivity contribution in [1.29, 1.82) is 0 Å². The Labute approximate surface area is 109 Å². The molecule has 2 aromatic heterocycles. The minimum Gasteiger partial charge on any atom is -0.361 e. The van der Waals surface area contributed by atoms with E-state index < -0.39 is 0 Å². The van der Waals surface area contributed by atoms with Crippen molar-refractivity contribution in [3.05, 3.63) is 47.5 Å². The Morgan fingerprint density at radius 3 is 3.00 bits per heavy atom. The number of benzene rings is 1. The van der Waals surface area contributed by atoms with E-state index in [1.807, 2.05) is 18.3 Å². The van der Waals surface area contributed by atoms with Gasteiger partial charge in [0, 0.05) is 29.0 Å². The van der Waals surface area contributed by atoms with Crippen molar-refractivity contribution in [1.82, 2.24) is 15.0 Å². The molecule has 90 valence electrons. The van der Waals surface area contributed by atoms with Crippen molar-refractivity contribution in [3.8, 4) is 0 Å². The van der Waals surface area contributed by atoms with Crippen molar-refractivity contribution in [2.75, 3.05) is 5.32 Å². The molecule has 3 rings (SSSR count). The second kappa shape index (κ2) is 4.31. The van der Waals surface area contributed by atoms with Gasteiger partial charge in [-0.2, -0.15) is 0 Å². The van der Waals surface area contributed by atoms with E-state index in [9.17, 15) is 0 Å². The average molecular weight is 259 g/mol. The van der Waals surface area contributed by atoms with Crippen molar-refractivity contribution < 1.29 is 0 Å². The molecule has 0 aliphatic rings. The number of aryl methyl sites for hydroxylation is 1. The molecule has 1 aromatic carbocycles. The predicted octanol–water partition coefficient (Wildman–Crippen LogP) is 3.66. The van der Waals surface area contributed by atoms with Gasteiger partial charge in [0.1, 0.15) is 5.82 Å². The Morgan fingerprint density at radius 2 is 2.17 bits per heavy atom. The highest BCUT2D eigenvalue weighted by Crippen LogP contribution is 2.23. The minimum atomic E-state index is 0.235. The Kier molecular flexibility index (Phi) is 2.64. The minimum absolute atomic E-state index is 0.235. The molecule has 4 nitrogen and oxygen atoms in total. The van der Waals surface area contributed by atoms with Gasteiger partial charge in [0.05, 0.1) is 0 Å². The van der Waals surface area contributed by atoms with Crippen LogP contribution in [0.2, 0.25) is 5.28 Å². The number of nitrogens with zero attached hydrogens (tertiary/aromatic N) is 2. The fourth-order valence-electron chi connectivity index (χ4n) is 1.89. The lowest BCUT2D eigenvalue weighted by molar-refractivity contribution is 1.17. The Balaban J connectivity index is 1.97. The van der Waals surface area contributed by atoms with Crippen molar-refractivity contribution in [3.63, 3.8) is 0 Å². The van der Waals surface area contributed by atoms with E-state index in [4.69, 9.17) is 11.6 Å². The molecule has 0 fully saturated rings. The zero-order chi connectivity index (χ0) is 12.5. The molecule has 18 heavy (non-hydrogen) atoms. The van der Waals surface area contributed by atoms with Gasteiger partial charge in [-0.05, 0) is 48.4 Å². The molecule has 0 radical (unpaired) electrons. The zero-order valence-corrected chi connectivity index (χ0v) is 10.5.